The van der Waals surface area contributed by atoms with Gasteiger partial charge in [0.15, 0.2) is 0 Å². The lowest BCUT2D eigenvalue weighted by atomic mass is 10.1. The van der Waals surface area contributed by atoms with Crippen LogP contribution in [0.3, 0.4) is 0 Å². The van der Waals surface area contributed by atoms with Crippen molar-refractivity contribution in [1.29, 1.82) is 0 Å². The molecule has 1 aromatic rings. The van der Waals surface area contributed by atoms with Crippen molar-refractivity contribution in [1.82, 2.24) is 4.90 Å². The molecule has 1 aliphatic rings. The van der Waals surface area contributed by atoms with Crippen LogP contribution in [-0.4, -0.2) is 30.6 Å². The van der Waals surface area contributed by atoms with Crippen molar-refractivity contribution in [2.75, 3.05) is 25.0 Å². The highest BCUT2D eigenvalue weighted by Gasteiger charge is 2.18. The van der Waals surface area contributed by atoms with Gasteiger partial charge in [-0.2, -0.15) is 0 Å². The van der Waals surface area contributed by atoms with Crippen LogP contribution in [0.5, 0.6) is 0 Å². The molecule has 2 nitrogen and oxygen atoms in total. The van der Waals surface area contributed by atoms with E-state index in [4.69, 9.17) is 34.8 Å². The van der Waals surface area contributed by atoms with E-state index in [1.807, 2.05) is 0 Å². The molecule has 1 unspecified atom stereocenters. The van der Waals surface area contributed by atoms with Crippen molar-refractivity contribution < 1.29 is 0 Å². The van der Waals surface area contributed by atoms with Crippen molar-refractivity contribution in [3.05, 3.63) is 27.2 Å². The summed E-state index contributed by atoms with van der Waals surface area (Å²) in [6.07, 6.45) is 3.46. The highest BCUT2D eigenvalue weighted by atomic mass is 35.5. The quantitative estimate of drug-likeness (QED) is 0.849. The fraction of sp³-hybridized carbons (Fsp3) is 0.571. The minimum Gasteiger partial charge on any atom is -0.380 e. The summed E-state index contributed by atoms with van der Waals surface area (Å²) in [5, 5.41) is 5.23. The fourth-order valence-electron chi connectivity index (χ4n) is 2.50. The van der Waals surface area contributed by atoms with Gasteiger partial charge in [0.05, 0.1) is 15.7 Å². The molecule has 19 heavy (non-hydrogen) atoms. The first-order valence-corrected chi connectivity index (χ1v) is 7.87. The fourth-order valence-corrected chi connectivity index (χ4v) is 3.43. The first-order valence-electron chi connectivity index (χ1n) is 6.73. The van der Waals surface area contributed by atoms with E-state index < -0.39 is 0 Å². The summed E-state index contributed by atoms with van der Waals surface area (Å²) >= 11 is 18.3. The van der Waals surface area contributed by atoms with Crippen LogP contribution in [0.25, 0.3) is 0 Å². The number of hydrogen-bond acceptors (Lipinski definition) is 2. The van der Waals surface area contributed by atoms with Gasteiger partial charge in [-0.3, -0.25) is 0 Å². The average Bonchev–Trinajstić information content (AvgIpc) is 2.58. The van der Waals surface area contributed by atoms with E-state index in [2.05, 4.69) is 17.1 Å². The molecule has 0 spiro atoms. The normalized spacial score (nSPS) is 21.2. The van der Waals surface area contributed by atoms with E-state index in [1.54, 1.807) is 12.1 Å². The van der Waals surface area contributed by atoms with Gasteiger partial charge in [-0.25, -0.2) is 0 Å². The summed E-state index contributed by atoms with van der Waals surface area (Å²) in [5.74, 6) is 0. The Kier molecular flexibility index (Phi) is 5.64. The van der Waals surface area contributed by atoms with Crippen LogP contribution >= 0.6 is 34.8 Å². The van der Waals surface area contributed by atoms with Crippen LogP contribution in [0.1, 0.15) is 26.2 Å². The SMILES string of the molecule is CCN1CCCC(Nc2c(Cl)cc(Cl)cc2Cl)CC1. The maximum atomic E-state index is 6.21. The number of nitrogens with zero attached hydrogens (tertiary/aromatic N) is 1. The van der Waals surface area contributed by atoms with Crippen LogP contribution in [0.15, 0.2) is 12.1 Å². The number of benzene rings is 1. The lowest BCUT2D eigenvalue weighted by Gasteiger charge is -2.20. The smallest absolute Gasteiger partial charge is 0.0722 e. The molecule has 0 aromatic heterocycles. The molecule has 0 radical (unpaired) electrons. The van der Waals surface area contributed by atoms with Crippen molar-refractivity contribution >= 4 is 40.5 Å². The summed E-state index contributed by atoms with van der Waals surface area (Å²) in [6.45, 7) is 5.63. The minimum absolute atomic E-state index is 0.424. The maximum absolute atomic E-state index is 6.21. The van der Waals surface area contributed by atoms with Gasteiger partial charge < -0.3 is 10.2 Å². The van der Waals surface area contributed by atoms with E-state index in [0.717, 1.165) is 31.6 Å². The first-order chi connectivity index (χ1) is 9.10. The third-order valence-electron chi connectivity index (χ3n) is 3.62. The van der Waals surface area contributed by atoms with Crippen molar-refractivity contribution in [2.24, 2.45) is 0 Å². The lowest BCUT2D eigenvalue weighted by Crippen LogP contribution is -2.26. The molecule has 0 saturated carbocycles. The summed E-state index contributed by atoms with van der Waals surface area (Å²) < 4.78 is 0. The second-order valence-corrected chi connectivity index (χ2v) is 6.20. The van der Waals surface area contributed by atoms with Crippen LogP contribution < -0.4 is 5.32 Å². The number of halogens is 3. The highest BCUT2D eigenvalue weighted by Crippen LogP contribution is 2.34. The second-order valence-electron chi connectivity index (χ2n) is 4.95. The Morgan fingerprint density at radius 3 is 2.47 bits per heavy atom. The maximum Gasteiger partial charge on any atom is 0.0722 e. The second kappa shape index (κ2) is 7.03. The van der Waals surface area contributed by atoms with E-state index in [0.29, 0.717) is 21.1 Å². The molecule has 0 amide bonds. The summed E-state index contributed by atoms with van der Waals surface area (Å²) in [5.41, 5.74) is 0.808. The number of likely N-dealkylation sites (tertiary alicyclic amines) is 1. The van der Waals surface area contributed by atoms with Crippen molar-refractivity contribution in [2.45, 2.75) is 32.2 Å². The molecular formula is C14H19Cl3N2. The molecule has 1 fully saturated rings. The Bertz CT molecular complexity index is 414. The van der Waals surface area contributed by atoms with E-state index in [-0.39, 0.29) is 0 Å². The summed E-state index contributed by atoms with van der Waals surface area (Å²) in [7, 11) is 0. The first kappa shape index (κ1) is 15.2. The number of hydrogen-bond donors (Lipinski definition) is 1. The zero-order valence-corrected chi connectivity index (χ0v) is 13.3. The van der Waals surface area contributed by atoms with Crippen molar-refractivity contribution in [3.63, 3.8) is 0 Å². The number of rotatable bonds is 3. The van der Waals surface area contributed by atoms with Gasteiger partial charge in [-0.1, -0.05) is 41.7 Å². The topological polar surface area (TPSA) is 15.3 Å². The third kappa shape index (κ3) is 4.16. The number of anilines is 1. The molecule has 0 bridgehead atoms. The Labute approximate surface area is 130 Å². The largest absolute Gasteiger partial charge is 0.380 e. The van der Waals surface area contributed by atoms with Crippen LogP contribution in [-0.2, 0) is 0 Å². The molecule has 1 aliphatic heterocycles. The average molecular weight is 322 g/mol. The summed E-state index contributed by atoms with van der Waals surface area (Å²) in [4.78, 5) is 2.48. The Morgan fingerprint density at radius 2 is 1.84 bits per heavy atom. The molecular weight excluding hydrogens is 303 g/mol. The van der Waals surface area contributed by atoms with Gasteiger partial charge in [0.2, 0.25) is 0 Å². The van der Waals surface area contributed by atoms with Gasteiger partial charge in [0.25, 0.3) is 0 Å². The van der Waals surface area contributed by atoms with Gasteiger partial charge in [0, 0.05) is 17.6 Å². The summed E-state index contributed by atoms with van der Waals surface area (Å²) in [6, 6.07) is 3.88. The Balaban J connectivity index is 2.05. The van der Waals surface area contributed by atoms with E-state index in [1.165, 1.54) is 13.0 Å². The molecule has 1 saturated heterocycles. The zero-order chi connectivity index (χ0) is 13.8. The Morgan fingerprint density at radius 1 is 1.16 bits per heavy atom. The molecule has 5 heteroatoms. The molecule has 1 atom stereocenters. The van der Waals surface area contributed by atoms with Gasteiger partial charge in [-0.15, -0.1) is 0 Å². The van der Waals surface area contributed by atoms with Gasteiger partial charge in [-0.05, 0) is 44.5 Å². The third-order valence-corrected chi connectivity index (χ3v) is 4.44. The zero-order valence-electron chi connectivity index (χ0n) is 11.1. The standard InChI is InChI=1S/C14H19Cl3N2/c1-2-19-6-3-4-11(5-7-19)18-14-12(16)8-10(15)9-13(14)17/h8-9,11,18H,2-7H2,1H3. The van der Waals surface area contributed by atoms with Crippen LogP contribution in [0.2, 0.25) is 15.1 Å². The predicted octanol–water partition coefficient (Wildman–Crippen LogP) is 4.93. The van der Waals surface area contributed by atoms with E-state index >= 15 is 0 Å². The van der Waals surface area contributed by atoms with Crippen LogP contribution in [0.4, 0.5) is 5.69 Å². The van der Waals surface area contributed by atoms with Crippen molar-refractivity contribution in [3.8, 4) is 0 Å². The predicted molar refractivity (Wildman–Crippen MR) is 84.8 cm³/mol. The monoisotopic (exact) mass is 320 g/mol. The molecule has 0 aliphatic carbocycles. The molecule has 1 aromatic carbocycles. The molecule has 1 N–H and O–H groups in total. The number of nitrogens with one attached hydrogen (secondary N) is 1. The molecule has 2 rings (SSSR count). The lowest BCUT2D eigenvalue weighted by molar-refractivity contribution is 0.300. The Hall–Kier alpha value is -0.150. The van der Waals surface area contributed by atoms with Gasteiger partial charge >= 0.3 is 0 Å². The van der Waals surface area contributed by atoms with Crippen LogP contribution in [0, 0.1) is 0 Å². The molecule has 1 heterocycles. The highest BCUT2D eigenvalue weighted by molar-refractivity contribution is 6.41. The molecule has 106 valence electrons. The van der Waals surface area contributed by atoms with E-state index in [9.17, 15) is 0 Å². The van der Waals surface area contributed by atoms with Gasteiger partial charge in [0.1, 0.15) is 0 Å². The minimum atomic E-state index is 0.424.